The Morgan fingerprint density at radius 3 is 3.00 bits per heavy atom. The molecule has 7 nitrogen and oxygen atoms in total. The number of nitrogens with two attached hydrogens (primary N) is 1. The Morgan fingerprint density at radius 1 is 1.80 bits per heavy atom. The molecule has 0 unspecified atom stereocenters. The number of carbonyl (C=O) groups is 1. The van der Waals surface area contributed by atoms with Crippen LogP contribution in [0.15, 0.2) is 11.4 Å². The molecular weight excluding hydrogens is 200 g/mol. The number of rotatable bonds is 3. The van der Waals surface area contributed by atoms with Gasteiger partial charge in [-0.25, -0.2) is 4.79 Å². The van der Waals surface area contributed by atoms with Crippen molar-refractivity contribution in [1.29, 1.82) is 0 Å². The average molecular weight is 212 g/mol. The third kappa shape index (κ3) is 2.46. The maximum absolute atomic E-state index is 11.3. The second-order valence-electron chi connectivity index (χ2n) is 2.94. The second-order valence-corrected chi connectivity index (χ2v) is 2.94. The average Bonchev–Trinajstić information content (AvgIpc) is 2.58. The van der Waals surface area contributed by atoms with Gasteiger partial charge in [-0.2, -0.15) is 5.10 Å². The molecule has 0 aromatic carbocycles. The fourth-order valence-corrected chi connectivity index (χ4v) is 1.17. The lowest BCUT2D eigenvalue weighted by Crippen LogP contribution is -2.16. The zero-order valence-electron chi connectivity index (χ0n) is 8.47. The molecule has 0 aliphatic carbocycles. The summed E-state index contributed by atoms with van der Waals surface area (Å²) in [5.74, 6) is -0.538. The molecule has 0 atom stereocenters. The lowest BCUT2D eigenvalue weighted by Gasteiger charge is -1.98. The van der Waals surface area contributed by atoms with Crippen LogP contribution >= 0.6 is 0 Å². The Labute approximate surface area is 86.1 Å². The number of aryl methyl sites for hydroxylation is 1. The van der Waals surface area contributed by atoms with Gasteiger partial charge in [0.05, 0.1) is 7.11 Å². The molecule has 0 aliphatic rings. The van der Waals surface area contributed by atoms with Gasteiger partial charge in [-0.1, -0.05) is 5.16 Å². The highest BCUT2D eigenvalue weighted by Crippen LogP contribution is 2.08. The van der Waals surface area contributed by atoms with Gasteiger partial charge >= 0.3 is 5.97 Å². The van der Waals surface area contributed by atoms with Crippen molar-refractivity contribution in [1.82, 2.24) is 9.78 Å². The topological polar surface area (TPSA) is 103 Å². The van der Waals surface area contributed by atoms with Crippen LogP contribution in [0.3, 0.4) is 0 Å². The number of amidine groups is 1. The summed E-state index contributed by atoms with van der Waals surface area (Å²) in [5.41, 5.74) is 6.06. The smallest absolute Gasteiger partial charge is 0.358 e. The summed E-state index contributed by atoms with van der Waals surface area (Å²) in [6, 6.07) is 0. The summed E-state index contributed by atoms with van der Waals surface area (Å²) in [5, 5.41) is 15.2. The highest BCUT2D eigenvalue weighted by Gasteiger charge is 2.17. The molecule has 1 rings (SSSR count). The van der Waals surface area contributed by atoms with Gasteiger partial charge in [0.15, 0.2) is 5.69 Å². The van der Waals surface area contributed by atoms with Crippen molar-refractivity contribution >= 4 is 11.8 Å². The lowest BCUT2D eigenvalue weighted by molar-refractivity contribution is 0.0592. The molecule has 1 aromatic heterocycles. The number of aromatic nitrogens is 2. The summed E-state index contributed by atoms with van der Waals surface area (Å²) in [6.45, 7) is 0. The second kappa shape index (κ2) is 4.45. The highest BCUT2D eigenvalue weighted by molar-refractivity contribution is 5.91. The first kappa shape index (κ1) is 11.0. The maximum Gasteiger partial charge on any atom is 0.358 e. The molecule has 1 aromatic rings. The monoisotopic (exact) mass is 212 g/mol. The Hall–Kier alpha value is -2.05. The van der Waals surface area contributed by atoms with Gasteiger partial charge in [0, 0.05) is 25.2 Å². The van der Waals surface area contributed by atoms with E-state index in [-0.39, 0.29) is 18.0 Å². The third-order valence-corrected chi connectivity index (χ3v) is 1.78. The van der Waals surface area contributed by atoms with Gasteiger partial charge in [-0.3, -0.25) is 4.68 Å². The fraction of sp³-hybridized carbons (Fsp3) is 0.375. The van der Waals surface area contributed by atoms with Crippen molar-refractivity contribution in [3.63, 3.8) is 0 Å². The van der Waals surface area contributed by atoms with Crippen LogP contribution in [0.25, 0.3) is 0 Å². The molecule has 0 saturated carbocycles. The Morgan fingerprint density at radius 2 is 2.47 bits per heavy atom. The van der Waals surface area contributed by atoms with E-state index in [2.05, 4.69) is 15.0 Å². The van der Waals surface area contributed by atoms with Crippen LogP contribution in [0, 0.1) is 0 Å². The van der Waals surface area contributed by atoms with E-state index < -0.39 is 5.97 Å². The van der Waals surface area contributed by atoms with Crippen LogP contribution in [0.2, 0.25) is 0 Å². The van der Waals surface area contributed by atoms with E-state index in [1.165, 1.54) is 11.8 Å². The number of hydrogen-bond donors (Lipinski definition) is 2. The van der Waals surface area contributed by atoms with Gasteiger partial charge in [0.1, 0.15) is 5.84 Å². The first-order valence-corrected chi connectivity index (χ1v) is 4.15. The minimum absolute atomic E-state index is 0.00755. The third-order valence-electron chi connectivity index (χ3n) is 1.78. The number of oxime groups is 1. The van der Waals surface area contributed by atoms with E-state index in [4.69, 9.17) is 10.9 Å². The summed E-state index contributed by atoms with van der Waals surface area (Å²) in [7, 11) is 2.94. The van der Waals surface area contributed by atoms with Crippen molar-refractivity contribution < 1.29 is 14.7 Å². The minimum atomic E-state index is -0.545. The van der Waals surface area contributed by atoms with Crippen LogP contribution in [0.5, 0.6) is 0 Å². The SMILES string of the molecule is COC(=O)c1nn(C)cc1C/C(N)=N/O. The largest absolute Gasteiger partial charge is 0.464 e. The molecule has 1 heterocycles. The summed E-state index contributed by atoms with van der Waals surface area (Å²) in [4.78, 5) is 11.3. The number of nitrogens with zero attached hydrogens (tertiary/aromatic N) is 3. The predicted octanol–water partition coefficient (Wildman–Crippen LogP) is -0.504. The van der Waals surface area contributed by atoms with Crippen molar-refractivity contribution in [2.75, 3.05) is 7.11 Å². The van der Waals surface area contributed by atoms with Gasteiger partial charge in [-0.05, 0) is 0 Å². The van der Waals surface area contributed by atoms with Crippen LogP contribution in [0.4, 0.5) is 0 Å². The van der Waals surface area contributed by atoms with Gasteiger partial charge < -0.3 is 15.7 Å². The molecule has 0 fully saturated rings. The number of esters is 1. The standard InChI is InChI=1S/C8H12N4O3/c1-12-4-5(3-6(9)11-14)7(10-12)8(13)15-2/h4,14H,3H2,1-2H3,(H2,9,11). The molecule has 0 spiro atoms. The number of carbonyl (C=O) groups excluding carboxylic acids is 1. The van der Waals surface area contributed by atoms with Crippen molar-refractivity contribution in [3.8, 4) is 0 Å². The molecule has 0 aliphatic heterocycles. The number of hydrogen-bond acceptors (Lipinski definition) is 5. The van der Waals surface area contributed by atoms with Crippen LogP contribution < -0.4 is 5.73 Å². The first-order valence-electron chi connectivity index (χ1n) is 4.15. The van der Waals surface area contributed by atoms with E-state index in [0.717, 1.165) is 0 Å². The Kier molecular flexibility index (Phi) is 3.27. The van der Waals surface area contributed by atoms with Crippen LogP contribution in [-0.2, 0) is 18.2 Å². The Balaban J connectivity index is 3.01. The van der Waals surface area contributed by atoms with Crippen molar-refractivity contribution in [3.05, 3.63) is 17.5 Å². The van der Waals surface area contributed by atoms with Gasteiger partial charge in [-0.15, -0.1) is 0 Å². The molecule has 7 heteroatoms. The molecule has 0 saturated heterocycles. The summed E-state index contributed by atoms with van der Waals surface area (Å²) in [6.07, 6.45) is 1.76. The summed E-state index contributed by atoms with van der Waals surface area (Å²) < 4.78 is 6.01. The van der Waals surface area contributed by atoms with E-state index in [0.29, 0.717) is 5.56 Å². The Bertz CT molecular complexity index is 397. The highest BCUT2D eigenvalue weighted by atomic mass is 16.5. The molecule has 3 N–H and O–H groups in total. The summed E-state index contributed by atoms with van der Waals surface area (Å²) >= 11 is 0. The molecule has 0 bridgehead atoms. The number of ether oxygens (including phenoxy) is 1. The van der Waals surface area contributed by atoms with Gasteiger partial charge in [0.25, 0.3) is 0 Å². The van der Waals surface area contributed by atoms with E-state index >= 15 is 0 Å². The van der Waals surface area contributed by atoms with Crippen molar-refractivity contribution in [2.45, 2.75) is 6.42 Å². The quantitative estimate of drug-likeness (QED) is 0.231. The maximum atomic E-state index is 11.3. The van der Waals surface area contributed by atoms with Crippen LogP contribution in [0.1, 0.15) is 16.1 Å². The number of methoxy groups -OCH3 is 1. The lowest BCUT2D eigenvalue weighted by atomic mass is 10.2. The van der Waals surface area contributed by atoms with E-state index in [1.54, 1.807) is 13.2 Å². The molecule has 82 valence electrons. The van der Waals surface area contributed by atoms with Crippen LogP contribution in [-0.4, -0.2) is 33.9 Å². The molecule has 0 amide bonds. The normalized spacial score (nSPS) is 11.5. The van der Waals surface area contributed by atoms with E-state index in [9.17, 15) is 4.79 Å². The van der Waals surface area contributed by atoms with E-state index in [1.807, 2.05) is 0 Å². The van der Waals surface area contributed by atoms with Gasteiger partial charge in [0.2, 0.25) is 0 Å². The molecular formula is C8H12N4O3. The minimum Gasteiger partial charge on any atom is -0.464 e. The zero-order chi connectivity index (χ0) is 11.4. The van der Waals surface area contributed by atoms with Crippen molar-refractivity contribution in [2.24, 2.45) is 17.9 Å². The predicted molar refractivity (Wildman–Crippen MR) is 51.7 cm³/mol. The first-order chi connectivity index (χ1) is 7.08. The molecule has 0 radical (unpaired) electrons. The molecule has 15 heavy (non-hydrogen) atoms. The fourth-order valence-electron chi connectivity index (χ4n) is 1.17. The zero-order valence-corrected chi connectivity index (χ0v) is 8.47.